The predicted octanol–water partition coefficient (Wildman–Crippen LogP) is 4.34. The minimum atomic E-state index is 0.165. The molecule has 3 aromatic rings. The van der Waals surface area contributed by atoms with Crippen LogP contribution in [0.25, 0.3) is 10.9 Å². The SMILES string of the molecule is Cc1ccccc1OCCN(C)C(=O)CCCc1c[nH]c2ccccc12. The van der Waals surface area contributed by atoms with E-state index < -0.39 is 0 Å². The quantitative estimate of drug-likeness (QED) is 0.657. The van der Waals surface area contributed by atoms with Crippen LogP contribution in [0.5, 0.6) is 5.75 Å². The Morgan fingerprint density at radius 1 is 1.12 bits per heavy atom. The molecule has 0 aliphatic rings. The number of hydrogen-bond acceptors (Lipinski definition) is 2. The lowest BCUT2D eigenvalue weighted by Crippen LogP contribution is -2.30. The average molecular weight is 350 g/mol. The van der Waals surface area contributed by atoms with E-state index in [2.05, 4.69) is 23.3 Å². The van der Waals surface area contributed by atoms with Crippen molar-refractivity contribution in [1.82, 2.24) is 9.88 Å². The van der Waals surface area contributed by atoms with Crippen molar-refractivity contribution in [2.24, 2.45) is 0 Å². The lowest BCUT2D eigenvalue weighted by molar-refractivity contribution is -0.130. The minimum absolute atomic E-state index is 0.165. The Morgan fingerprint density at radius 2 is 1.88 bits per heavy atom. The molecular weight excluding hydrogens is 324 g/mol. The van der Waals surface area contributed by atoms with E-state index in [4.69, 9.17) is 4.74 Å². The van der Waals surface area contributed by atoms with Gasteiger partial charge in [0.05, 0.1) is 6.54 Å². The fourth-order valence-corrected chi connectivity index (χ4v) is 3.09. The number of likely N-dealkylation sites (N-methyl/N-ethyl adjacent to an activating group) is 1. The molecule has 26 heavy (non-hydrogen) atoms. The molecule has 1 N–H and O–H groups in total. The largest absolute Gasteiger partial charge is 0.491 e. The van der Waals surface area contributed by atoms with E-state index in [-0.39, 0.29) is 5.91 Å². The van der Waals surface area contributed by atoms with Gasteiger partial charge in [0.25, 0.3) is 0 Å². The molecule has 0 unspecified atom stereocenters. The van der Waals surface area contributed by atoms with E-state index >= 15 is 0 Å². The predicted molar refractivity (Wildman–Crippen MR) is 106 cm³/mol. The van der Waals surface area contributed by atoms with Crippen LogP contribution in [0.4, 0.5) is 0 Å². The number of aryl methyl sites for hydroxylation is 2. The first-order valence-electron chi connectivity index (χ1n) is 9.12. The molecule has 0 aliphatic heterocycles. The van der Waals surface area contributed by atoms with Crippen LogP contribution < -0.4 is 4.74 Å². The van der Waals surface area contributed by atoms with Crippen molar-refractivity contribution < 1.29 is 9.53 Å². The second-order valence-electron chi connectivity index (χ2n) is 6.64. The fraction of sp³-hybridized carbons (Fsp3) is 0.318. The molecule has 0 saturated heterocycles. The van der Waals surface area contributed by atoms with Crippen molar-refractivity contribution in [3.63, 3.8) is 0 Å². The third-order valence-electron chi connectivity index (χ3n) is 4.72. The molecule has 1 heterocycles. The number of nitrogens with zero attached hydrogens (tertiary/aromatic N) is 1. The highest BCUT2D eigenvalue weighted by molar-refractivity contribution is 5.83. The first-order chi connectivity index (χ1) is 12.6. The Morgan fingerprint density at radius 3 is 2.73 bits per heavy atom. The number of benzene rings is 2. The van der Waals surface area contributed by atoms with E-state index in [1.807, 2.05) is 50.4 Å². The molecule has 136 valence electrons. The third kappa shape index (κ3) is 4.45. The summed E-state index contributed by atoms with van der Waals surface area (Å²) in [6, 6.07) is 16.2. The first-order valence-corrected chi connectivity index (χ1v) is 9.12. The number of carbonyl (C=O) groups excluding carboxylic acids is 1. The highest BCUT2D eigenvalue weighted by atomic mass is 16.5. The number of para-hydroxylation sites is 2. The van der Waals surface area contributed by atoms with Crippen molar-refractivity contribution in [1.29, 1.82) is 0 Å². The molecule has 0 saturated carbocycles. The average Bonchev–Trinajstić information content (AvgIpc) is 3.06. The van der Waals surface area contributed by atoms with Crippen LogP contribution in [0.15, 0.2) is 54.7 Å². The minimum Gasteiger partial charge on any atom is -0.491 e. The van der Waals surface area contributed by atoms with Crippen LogP contribution in [0.1, 0.15) is 24.0 Å². The summed E-state index contributed by atoms with van der Waals surface area (Å²) >= 11 is 0. The zero-order valence-electron chi connectivity index (χ0n) is 15.5. The fourth-order valence-electron chi connectivity index (χ4n) is 3.09. The number of carbonyl (C=O) groups is 1. The van der Waals surface area contributed by atoms with Crippen molar-refractivity contribution in [3.05, 3.63) is 65.9 Å². The molecule has 4 nitrogen and oxygen atoms in total. The van der Waals surface area contributed by atoms with Crippen LogP contribution >= 0.6 is 0 Å². The summed E-state index contributed by atoms with van der Waals surface area (Å²) in [5, 5.41) is 1.25. The normalized spacial score (nSPS) is 10.8. The number of rotatable bonds is 8. The third-order valence-corrected chi connectivity index (χ3v) is 4.72. The monoisotopic (exact) mass is 350 g/mol. The zero-order valence-corrected chi connectivity index (χ0v) is 15.5. The van der Waals surface area contributed by atoms with Gasteiger partial charge in [-0.1, -0.05) is 36.4 Å². The van der Waals surface area contributed by atoms with Gasteiger partial charge in [-0.25, -0.2) is 0 Å². The van der Waals surface area contributed by atoms with Gasteiger partial charge < -0.3 is 14.6 Å². The number of aromatic amines is 1. The Labute approximate surface area is 154 Å². The molecular formula is C22H26N2O2. The van der Waals surface area contributed by atoms with Gasteiger partial charge in [-0.15, -0.1) is 0 Å². The van der Waals surface area contributed by atoms with Crippen molar-refractivity contribution in [2.75, 3.05) is 20.2 Å². The van der Waals surface area contributed by atoms with E-state index in [1.54, 1.807) is 4.90 Å². The Kier molecular flexibility index (Phi) is 5.95. The van der Waals surface area contributed by atoms with Gasteiger partial charge in [0.1, 0.15) is 12.4 Å². The molecule has 0 bridgehead atoms. The van der Waals surface area contributed by atoms with Gasteiger partial charge in [0.2, 0.25) is 5.91 Å². The van der Waals surface area contributed by atoms with Crippen LogP contribution in [0.3, 0.4) is 0 Å². The number of fused-ring (bicyclic) bond motifs is 1. The maximum absolute atomic E-state index is 12.3. The number of ether oxygens (including phenoxy) is 1. The van der Waals surface area contributed by atoms with E-state index in [1.165, 1.54) is 10.9 Å². The summed E-state index contributed by atoms with van der Waals surface area (Å²) in [5.41, 5.74) is 3.54. The zero-order chi connectivity index (χ0) is 18.4. The van der Waals surface area contributed by atoms with E-state index in [0.29, 0.717) is 19.6 Å². The summed E-state index contributed by atoms with van der Waals surface area (Å²) in [5.74, 6) is 1.05. The highest BCUT2D eigenvalue weighted by Gasteiger charge is 2.10. The summed E-state index contributed by atoms with van der Waals surface area (Å²) in [6.07, 6.45) is 4.36. The molecule has 3 rings (SSSR count). The summed E-state index contributed by atoms with van der Waals surface area (Å²) < 4.78 is 5.77. The van der Waals surface area contributed by atoms with Gasteiger partial charge in [0.15, 0.2) is 0 Å². The molecule has 4 heteroatoms. The topological polar surface area (TPSA) is 45.3 Å². The maximum atomic E-state index is 12.3. The van der Waals surface area contributed by atoms with Crippen molar-refractivity contribution >= 4 is 16.8 Å². The van der Waals surface area contributed by atoms with Crippen LogP contribution in [-0.2, 0) is 11.2 Å². The van der Waals surface area contributed by atoms with Gasteiger partial charge >= 0.3 is 0 Å². The van der Waals surface area contributed by atoms with E-state index in [0.717, 1.165) is 29.7 Å². The second kappa shape index (κ2) is 8.56. The van der Waals surface area contributed by atoms with Gasteiger partial charge in [-0.3, -0.25) is 4.79 Å². The second-order valence-corrected chi connectivity index (χ2v) is 6.64. The summed E-state index contributed by atoms with van der Waals surface area (Å²) in [4.78, 5) is 17.3. The standard InChI is InChI=1S/C22H26N2O2/c1-17-8-3-6-12-21(17)26-15-14-24(2)22(25)13-7-9-18-16-23-20-11-5-4-10-19(18)20/h3-6,8,10-12,16,23H,7,9,13-15H2,1-2H3. The van der Waals surface area contributed by atoms with Crippen LogP contribution in [-0.4, -0.2) is 36.0 Å². The number of amides is 1. The Hall–Kier alpha value is -2.75. The molecule has 0 spiro atoms. The molecule has 2 aromatic carbocycles. The lowest BCUT2D eigenvalue weighted by Gasteiger charge is -2.18. The molecule has 0 atom stereocenters. The maximum Gasteiger partial charge on any atom is 0.222 e. The van der Waals surface area contributed by atoms with Gasteiger partial charge in [-0.05, 0) is 43.0 Å². The smallest absolute Gasteiger partial charge is 0.222 e. The number of H-pyrrole nitrogens is 1. The van der Waals surface area contributed by atoms with E-state index in [9.17, 15) is 4.79 Å². The number of hydrogen-bond donors (Lipinski definition) is 1. The lowest BCUT2D eigenvalue weighted by atomic mass is 10.1. The van der Waals surface area contributed by atoms with Crippen molar-refractivity contribution in [3.8, 4) is 5.75 Å². The Balaban J connectivity index is 1.41. The summed E-state index contributed by atoms with van der Waals surface area (Å²) in [7, 11) is 1.84. The highest BCUT2D eigenvalue weighted by Crippen LogP contribution is 2.19. The summed E-state index contributed by atoms with van der Waals surface area (Å²) in [6.45, 7) is 3.13. The first kappa shape index (κ1) is 18.1. The molecule has 1 amide bonds. The molecule has 0 aliphatic carbocycles. The van der Waals surface area contributed by atoms with Crippen LogP contribution in [0.2, 0.25) is 0 Å². The molecule has 0 fully saturated rings. The molecule has 0 radical (unpaired) electrons. The van der Waals surface area contributed by atoms with Crippen LogP contribution in [0, 0.1) is 6.92 Å². The Bertz CT molecular complexity index is 869. The number of nitrogens with one attached hydrogen (secondary N) is 1. The van der Waals surface area contributed by atoms with Crippen molar-refractivity contribution in [2.45, 2.75) is 26.2 Å². The number of aromatic nitrogens is 1. The molecule has 1 aromatic heterocycles. The van der Waals surface area contributed by atoms with Gasteiger partial charge in [0, 0.05) is 30.6 Å². The van der Waals surface area contributed by atoms with Gasteiger partial charge in [-0.2, -0.15) is 0 Å².